The van der Waals surface area contributed by atoms with E-state index < -0.39 is 0 Å². The van der Waals surface area contributed by atoms with Gasteiger partial charge in [-0.15, -0.1) is 0 Å². The lowest BCUT2D eigenvalue weighted by Gasteiger charge is -2.32. The number of non-ortho nitro benzene ring substituents is 1. The molecule has 2 aliphatic rings. The number of hydrogen-bond acceptors (Lipinski definition) is 5. The minimum absolute atomic E-state index is 0.123. The van der Waals surface area contributed by atoms with Gasteiger partial charge < -0.3 is 14.8 Å². The number of ether oxygens (including phenoxy) is 2. The third kappa shape index (κ3) is 3.40. The number of nitrogens with one attached hydrogen (secondary N) is 1. The van der Waals surface area contributed by atoms with E-state index in [1.807, 2.05) is 12.1 Å². The number of nitro benzene ring substituents is 1. The van der Waals surface area contributed by atoms with Gasteiger partial charge in [0, 0.05) is 38.1 Å². The largest absolute Gasteiger partial charge is 0.347 e. The summed E-state index contributed by atoms with van der Waals surface area (Å²) in [6.07, 6.45) is 3.66. The number of rotatable bonds is 4. The molecule has 0 aromatic heterocycles. The van der Waals surface area contributed by atoms with Crippen molar-refractivity contribution in [1.82, 2.24) is 5.32 Å². The summed E-state index contributed by atoms with van der Waals surface area (Å²) >= 11 is 0. The molecular formula is C15H20N2O4. The molecule has 6 nitrogen and oxygen atoms in total. The van der Waals surface area contributed by atoms with Crippen molar-refractivity contribution in [2.45, 2.75) is 37.6 Å². The Morgan fingerprint density at radius 1 is 1.29 bits per heavy atom. The van der Waals surface area contributed by atoms with Crippen molar-refractivity contribution in [2.75, 3.05) is 19.7 Å². The highest BCUT2D eigenvalue weighted by atomic mass is 16.7. The van der Waals surface area contributed by atoms with Gasteiger partial charge in [-0.2, -0.15) is 0 Å². The van der Waals surface area contributed by atoms with Crippen LogP contribution in [0, 0.1) is 10.1 Å². The molecule has 1 atom stereocenters. The Morgan fingerprint density at radius 3 is 2.67 bits per heavy atom. The Kier molecular flexibility index (Phi) is 4.19. The minimum atomic E-state index is -0.376. The molecule has 0 amide bonds. The van der Waals surface area contributed by atoms with Gasteiger partial charge in [-0.25, -0.2) is 0 Å². The molecule has 2 fully saturated rings. The molecule has 1 unspecified atom stereocenters. The smallest absolute Gasteiger partial charge is 0.269 e. The van der Waals surface area contributed by atoms with Gasteiger partial charge in [-0.1, -0.05) is 12.1 Å². The molecular weight excluding hydrogens is 272 g/mol. The van der Waals surface area contributed by atoms with Crippen LogP contribution < -0.4 is 5.32 Å². The third-order valence-corrected chi connectivity index (χ3v) is 4.18. The lowest BCUT2D eigenvalue weighted by atomic mass is 10.1. The van der Waals surface area contributed by atoms with Crippen LogP contribution in [0.25, 0.3) is 0 Å². The Balaban J connectivity index is 1.50. The maximum absolute atomic E-state index is 10.6. The van der Waals surface area contributed by atoms with Crippen molar-refractivity contribution in [1.29, 1.82) is 0 Å². The van der Waals surface area contributed by atoms with Crippen molar-refractivity contribution in [3.63, 3.8) is 0 Å². The average Bonchev–Trinajstić information content (AvgIpc) is 2.89. The van der Waals surface area contributed by atoms with Crippen LogP contribution in [-0.2, 0) is 15.9 Å². The molecule has 0 bridgehead atoms. The number of nitrogens with zero attached hydrogens (tertiary/aromatic N) is 1. The second kappa shape index (κ2) is 6.09. The Bertz CT molecular complexity index is 497. The van der Waals surface area contributed by atoms with Crippen molar-refractivity contribution in [2.24, 2.45) is 0 Å². The van der Waals surface area contributed by atoms with Crippen LogP contribution in [0.3, 0.4) is 0 Å². The summed E-state index contributed by atoms with van der Waals surface area (Å²) in [4.78, 5) is 10.2. The molecule has 3 rings (SSSR count). The molecule has 1 aromatic rings. The van der Waals surface area contributed by atoms with Crippen LogP contribution in [0.4, 0.5) is 5.69 Å². The maximum atomic E-state index is 10.6. The molecule has 2 aliphatic heterocycles. The van der Waals surface area contributed by atoms with Crippen molar-refractivity contribution in [3.05, 3.63) is 39.9 Å². The summed E-state index contributed by atoms with van der Waals surface area (Å²) in [6.45, 7) is 2.52. The Morgan fingerprint density at radius 2 is 2.00 bits per heavy atom. The van der Waals surface area contributed by atoms with Crippen molar-refractivity contribution in [3.8, 4) is 0 Å². The highest BCUT2D eigenvalue weighted by molar-refractivity contribution is 5.32. The van der Waals surface area contributed by atoms with Gasteiger partial charge in [0.2, 0.25) is 0 Å². The summed E-state index contributed by atoms with van der Waals surface area (Å²) in [6, 6.07) is 6.73. The fourth-order valence-electron chi connectivity index (χ4n) is 2.94. The van der Waals surface area contributed by atoms with E-state index in [4.69, 9.17) is 9.47 Å². The molecule has 1 spiro atoms. The highest BCUT2D eigenvalue weighted by Gasteiger charge is 2.41. The molecule has 6 heteroatoms. The molecule has 0 radical (unpaired) electrons. The number of aryl methyl sites for hydroxylation is 1. The summed E-state index contributed by atoms with van der Waals surface area (Å²) in [5.41, 5.74) is 1.23. The molecule has 2 heterocycles. The summed E-state index contributed by atoms with van der Waals surface area (Å²) in [5.74, 6) is -0.370. The van der Waals surface area contributed by atoms with Gasteiger partial charge in [0.05, 0.1) is 17.6 Å². The van der Waals surface area contributed by atoms with Crippen LogP contribution in [0.5, 0.6) is 0 Å². The van der Waals surface area contributed by atoms with Crippen LogP contribution in [0.2, 0.25) is 0 Å². The van der Waals surface area contributed by atoms with Gasteiger partial charge in [-0.3, -0.25) is 10.1 Å². The predicted molar refractivity (Wildman–Crippen MR) is 77.1 cm³/mol. The van der Waals surface area contributed by atoms with Gasteiger partial charge >= 0.3 is 0 Å². The van der Waals surface area contributed by atoms with Gasteiger partial charge in [0.25, 0.3) is 5.69 Å². The first-order valence-corrected chi connectivity index (χ1v) is 7.43. The van der Waals surface area contributed by atoms with Crippen LogP contribution in [0.15, 0.2) is 24.3 Å². The zero-order valence-corrected chi connectivity index (χ0v) is 11.9. The number of piperidine rings is 1. The van der Waals surface area contributed by atoms with E-state index in [0.717, 1.165) is 44.3 Å². The normalized spacial score (nSPS) is 24.3. The zero-order chi connectivity index (χ0) is 14.7. The van der Waals surface area contributed by atoms with E-state index >= 15 is 0 Å². The van der Waals surface area contributed by atoms with E-state index in [-0.39, 0.29) is 22.5 Å². The Hall–Kier alpha value is -1.50. The molecule has 21 heavy (non-hydrogen) atoms. The van der Waals surface area contributed by atoms with E-state index in [9.17, 15) is 10.1 Å². The van der Waals surface area contributed by atoms with Crippen molar-refractivity contribution < 1.29 is 14.4 Å². The first-order chi connectivity index (χ1) is 10.2. The fraction of sp³-hybridized carbons (Fsp3) is 0.600. The quantitative estimate of drug-likeness (QED) is 0.679. The molecule has 1 N–H and O–H groups in total. The first-order valence-electron chi connectivity index (χ1n) is 7.43. The summed E-state index contributed by atoms with van der Waals surface area (Å²) in [7, 11) is 0. The molecule has 2 saturated heterocycles. The average molecular weight is 292 g/mol. The van der Waals surface area contributed by atoms with E-state index in [1.165, 1.54) is 0 Å². The zero-order valence-electron chi connectivity index (χ0n) is 11.9. The summed E-state index contributed by atoms with van der Waals surface area (Å²) in [5, 5.41) is 13.9. The van der Waals surface area contributed by atoms with Gasteiger partial charge in [0.15, 0.2) is 5.79 Å². The lowest BCUT2D eigenvalue weighted by molar-refractivity contribution is -0.384. The van der Waals surface area contributed by atoms with Crippen LogP contribution in [-0.4, -0.2) is 36.5 Å². The van der Waals surface area contributed by atoms with Crippen LogP contribution in [0.1, 0.15) is 24.8 Å². The number of hydrogen-bond donors (Lipinski definition) is 1. The predicted octanol–water partition coefficient (Wildman–Crippen LogP) is 2.02. The summed E-state index contributed by atoms with van der Waals surface area (Å²) < 4.78 is 12.0. The monoisotopic (exact) mass is 292 g/mol. The number of benzene rings is 1. The SMILES string of the molecule is O=[N+]([O-])c1ccc(CCC2COC3(CCNCC3)O2)cc1. The third-order valence-electron chi connectivity index (χ3n) is 4.18. The molecule has 1 aromatic carbocycles. The fourth-order valence-corrected chi connectivity index (χ4v) is 2.94. The molecule has 0 saturated carbocycles. The molecule has 114 valence electrons. The Labute approximate surface area is 123 Å². The lowest BCUT2D eigenvalue weighted by Crippen LogP contribution is -2.43. The van der Waals surface area contributed by atoms with Gasteiger partial charge in [0.1, 0.15) is 0 Å². The topological polar surface area (TPSA) is 73.6 Å². The first kappa shape index (κ1) is 14.4. The minimum Gasteiger partial charge on any atom is -0.347 e. The number of nitro groups is 1. The maximum Gasteiger partial charge on any atom is 0.269 e. The standard InChI is InChI=1S/C15H20N2O4/c18-17(19)13-4-1-12(2-5-13)3-6-14-11-20-15(21-14)7-9-16-10-8-15/h1-2,4-5,14,16H,3,6-11H2. The van der Waals surface area contributed by atoms with Crippen molar-refractivity contribution >= 4 is 5.69 Å². The second-order valence-corrected chi connectivity index (χ2v) is 5.67. The van der Waals surface area contributed by atoms with E-state index in [1.54, 1.807) is 12.1 Å². The highest BCUT2D eigenvalue weighted by Crippen LogP contribution is 2.33. The molecule has 0 aliphatic carbocycles. The van der Waals surface area contributed by atoms with Crippen LogP contribution >= 0.6 is 0 Å². The van der Waals surface area contributed by atoms with E-state index in [0.29, 0.717) is 6.61 Å². The van der Waals surface area contributed by atoms with Gasteiger partial charge in [-0.05, 0) is 18.4 Å². The second-order valence-electron chi connectivity index (χ2n) is 5.67. The van der Waals surface area contributed by atoms with E-state index in [2.05, 4.69) is 5.32 Å².